The van der Waals surface area contributed by atoms with E-state index in [2.05, 4.69) is 10.1 Å². The number of amides is 2. The predicted molar refractivity (Wildman–Crippen MR) is 94.7 cm³/mol. The van der Waals surface area contributed by atoms with E-state index in [0.29, 0.717) is 24.3 Å². The van der Waals surface area contributed by atoms with Gasteiger partial charge >= 0.3 is 6.61 Å². The summed E-state index contributed by atoms with van der Waals surface area (Å²) in [6.45, 7) is 2.09. The third-order valence-corrected chi connectivity index (χ3v) is 3.76. The maximum absolute atomic E-state index is 12.3. The number of hydrogen-bond acceptors (Lipinski definition) is 3. The van der Waals surface area contributed by atoms with Gasteiger partial charge in [0.1, 0.15) is 5.75 Å². The lowest BCUT2D eigenvalue weighted by atomic mass is 10.1. The highest BCUT2D eigenvalue weighted by molar-refractivity contribution is 6.04. The van der Waals surface area contributed by atoms with Crippen LogP contribution in [-0.2, 0) is 0 Å². The van der Waals surface area contributed by atoms with Crippen LogP contribution in [0.4, 0.5) is 14.5 Å². The zero-order valence-corrected chi connectivity index (χ0v) is 14.5. The number of halogens is 2. The summed E-state index contributed by atoms with van der Waals surface area (Å²) in [5, 5.41) is 2.66. The molecule has 7 heteroatoms. The van der Waals surface area contributed by atoms with Crippen molar-refractivity contribution in [2.45, 2.75) is 20.5 Å². The van der Waals surface area contributed by atoms with Gasteiger partial charge in [0.15, 0.2) is 0 Å². The third kappa shape index (κ3) is 5.02. The van der Waals surface area contributed by atoms with Crippen LogP contribution in [-0.4, -0.2) is 36.4 Å². The van der Waals surface area contributed by atoms with Crippen LogP contribution in [0.25, 0.3) is 0 Å². The highest BCUT2D eigenvalue weighted by Crippen LogP contribution is 2.18. The molecule has 0 fully saturated rings. The minimum atomic E-state index is -2.95. The molecule has 138 valence electrons. The van der Waals surface area contributed by atoms with Crippen LogP contribution in [0, 0.1) is 0 Å². The molecule has 0 bridgehead atoms. The van der Waals surface area contributed by atoms with Crippen molar-refractivity contribution in [3.8, 4) is 5.75 Å². The SMILES string of the molecule is CCN(CC)C(=O)c1ccc(NC(=O)c2cccc(OC(F)F)c2)cc1. The second-order valence-corrected chi connectivity index (χ2v) is 5.42. The Morgan fingerprint density at radius 2 is 1.69 bits per heavy atom. The lowest BCUT2D eigenvalue weighted by Crippen LogP contribution is -2.30. The topological polar surface area (TPSA) is 58.6 Å². The first-order valence-corrected chi connectivity index (χ1v) is 8.20. The van der Waals surface area contributed by atoms with Crippen molar-refractivity contribution in [1.82, 2.24) is 4.90 Å². The van der Waals surface area contributed by atoms with Crippen LogP contribution in [0.2, 0.25) is 0 Å². The highest BCUT2D eigenvalue weighted by Gasteiger charge is 2.13. The van der Waals surface area contributed by atoms with E-state index in [0.717, 1.165) is 0 Å². The van der Waals surface area contributed by atoms with Gasteiger partial charge in [0.25, 0.3) is 11.8 Å². The molecule has 0 atom stereocenters. The molecule has 0 aliphatic rings. The first-order chi connectivity index (χ1) is 12.4. The molecule has 0 aliphatic heterocycles. The number of anilines is 1. The number of ether oxygens (including phenoxy) is 1. The van der Waals surface area contributed by atoms with E-state index < -0.39 is 12.5 Å². The molecule has 0 saturated heterocycles. The average molecular weight is 362 g/mol. The van der Waals surface area contributed by atoms with Gasteiger partial charge in [-0.1, -0.05) is 6.07 Å². The second-order valence-electron chi connectivity index (χ2n) is 5.42. The number of benzene rings is 2. The molecule has 0 aliphatic carbocycles. The molecular formula is C19H20F2N2O3. The zero-order chi connectivity index (χ0) is 19.1. The number of carbonyl (C=O) groups excluding carboxylic acids is 2. The highest BCUT2D eigenvalue weighted by atomic mass is 19.3. The van der Waals surface area contributed by atoms with Gasteiger partial charge in [-0.05, 0) is 56.3 Å². The summed E-state index contributed by atoms with van der Waals surface area (Å²) >= 11 is 0. The quantitative estimate of drug-likeness (QED) is 0.809. The number of hydrogen-bond donors (Lipinski definition) is 1. The molecule has 2 amide bonds. The number of rotatable bonds is 7. The maximum atomic E-state index is 12.3. The molecular weight excluding hydrogens is 342 g/mol. The van der Waals surface area contributed by atoms with E-state index in [1.165, 1.54) is 24.3 Å². The van der Waals surface area contributed by atoms with Crippen molar-refractivity contribution >= 4 is 17.5 Å². The van der Waals surface area contributed by atoms with Crippen molar-refractivity contribution < 1.29 is 23.1 Å². The fraction of sp³-hybridized carbons (Fsp3) is 0.263. The van der Waals surface area contributed by atoms with E-state index in [9.17, 15) is 18.4 Å². The molecule has 2 rings (SSSR count). The Morgan fingerprint density at radius 3 is 2.27 bits per heavy atom. The average Bonchev–Trinajstić information content (AvgIpc) is 2.63. The van der Waals surface area contributed by atoms with Gasteiger partial charge in [-0.25, -0.2) is 0 Å². The Hall–Kier alpha value is -2.96. The van der Waals surface area contributed by atoms with E-state index >= 15 is 0 Å². The second kappa shape index (κ2) is 8.94. The summed E-state index contributed by atoms with van der Waals surface area (Å²) in [4.78, 5) is 26.2. The summed E-state index contributed by atoms with van der Waals surface area (Å²) in [6.07, 6.45) is 0. The smallest absolute Gasteiger partial charge is 0.387 e. The number of nitrogens with zero attached hydrogens (tertiary/aromatic N) is 1. The van der Waals surface area contributed by atoms with Crippen LogP contribution < -0.4 is 10.1 Å². The normalized spacial score (nSPS) is 10.5. The van der Waals surface area contributed by atoms with Crippen LogP contribution >= 0.6 is 0 Å². The molecule has 2 aromatic rings. The molecule has 2 aromatic carbocycles. The molecule has 0 spiro atoms. The van der Waals surface area contributed by atoms with Gasteiger partial charge < -0.3 is 15.0 Å². The summed E-state index contributed by atoms with van der Waals surface area (Å²) < 4.78 is 28.8. The van der Waals surface area contributed by atoms with Crippen molar-refractivity contribution in [2.75, 3.05) is 18.4 Å². The van der Waals surface area contributed by atoms with Crippen LogP contribution in [0.15, 0.2) is 48.5 Å². The first kappa shape index (κ1) is 19.4. The van der Waals surface area contributed by atoms with Gasteiger partial charge in [-0.2, -0.15) is 8.78 Å². The summed E-state index contributed by atoms with van der Waals surface area (Å²) in [6, 6.07) is 12.0. The lowest BCUT2D eigenvalue weighted by molar-refractivity contribution is -0.0498. The van der Waals surface area contributed by atoms with Crippen molar-refractivity contribution in [2.24, 2.45) is 0 Å². The molecule has 0 heterocycles. The van der Waals surface area contributed by atoms with Crippen molar-refractivity contribution in [1.29, 1.82) is 0 Å². The van der Waals surface area contributed by atoms with Gasteiger partial charge in [-0.3, -0.25) is 9.59 Å². The number of carbonyl (C=O) groups is 2. The predicted octanol–water partition coefficient (Wildman–Crippen LogP) is 4.02. The zero-order valence-electron chi connectivity index (χ0n) is 14.5. The van der Waals surface area contributed by atoms with Crippen molar-refractivity contribution in [3.05, 3.63) is 59.7 Å². The Kier molecular flexibility index (Phi) is 6.66. The van der Waals surface area contributed by atoms with E-state index in [1.54, 1.807) is 29.2 Å². The van der Waals surface area contributed by atoms with Gasteiger partial charge in [0.05, 0.1) is 0 Å². The maximum Gasteiger partial charge on any atom is 0.387 e. The van der Waals surface area contributed by atoms with E-state index in [4.69, 9.17) is 0 Å². The molecule has 0 radical (unpaired) electrons. The minimum Gasteiger partial charge on any atom is -0.435 e. The molecule has 0 unspecified atom stereocenters. The standard InChI is InChI=1S/C19H20F2N2O3/c1-3-23(4-2)18(25)13-8-10-15(11-9-13)22-17(24)14-6-5-7-16(12-14)26-19(20)21/h5-12,19H,3-4H2,1-2H3,(H,22,24). The molecule has 26 heavy (non-hydrogen) atoms. The Labute approximate surface area is 150 Å². The van der Waals surface area contributed by atoms with E-state index in [1.807, 2.05) is 13.8 Å². The van der Waals surface area contributed by atoms with Crippen LogP contribution in [0.3, 0.4) is 0 Å². The fourth-order valence-corrected chi connectivity index (χ4v) is 2.41. The largest absolute Gasteiger partial charge is 0.435 e. The molecule has 0 saturated carbocycles. The Morgan fingerprint density at radius 1 is 1.04 bits per heavy atom. The molecule has 0 aromatic heterocycles. The monoisotopic (exact) mass is 362 g/mol. The molecule has 1 N–H and O–H groups in total. The molecule has 5 nitrogen and oxygen atoms in total. The third-order valence-electron chi connectivity index (χ3n) is 3.76. The number of alkyl halides is 2. The Bertz CT molecular complexity index is 760. The fourth-order valence-electron chi connectivity index (χ4n) is 2.41. The number of nitrogens with one attached hydrogen (secondary N) is 1. The van der Waals surface area contributed by atoms with Crippen LogP contribution in [0.5, 0.6) is 5.75 Å². The summed E-state index contributed by atoms with van der Waals surface area (Å²) in [5.41, 5.74) is 1.21. The van der Waals surface area contributed by atoms with Gasteiger partial charge in [0.2, 0.25) is 0 Å². The minimum absolute atomic E-state index is 0.0790. The van der Waals surface area contributed by atoms with Gasteiger partial charge in [0, 0.05) is 29.9 Å². The van der Waals surface area contributed by atoms with Gasteiger partial charge in [-0.15, -0.1) is 0 Å². The lowest BCUT2D eigenvalue weighted by Gasteiger charge is -2.18. The van der Waals surface area contributed by atoms with Crippen LogP contribution in [0.1, 0.15) is 34.6 Å². The summed E-state index contributed by atoms with van der Waals surface area (Å²) in [7, 11) is 0. The van der Waals surface area contributed by atoms with Crippen molar-refractivity contribution in [3.63, 3.8) is 0 Å². The summed E-state index contributed by atoms with van der Waals surface area (Å²) in [5.74, 6) is -0.634. The Balaban J connectivity index is 2.07. The first-order valence-electron chi connectivity index (χ1n) is 8.20. The van der Waals surface area contributed by atoms with E-state index in [-0.39, 0.29) is 17.2 Å².